The molecule has 0 aliphatic carbocycles. The zero-order chi connectivity index (χ0) is 9.40. The first-order valence-corrected chi connectivity index (χ1v) is 4.47. The summed E-state index contributed by atoms with van der Waals surface area (Å²) in [5.74, 6) is 0.240. The molecule has 0 saturated heterocycles. The van der Waals surface area contributed by atoms with Crippen molar-refractivity contribution >= 4 is 5.78 Å². The zero-order valence-electron chi connectivity index (χ0n) is 8.22. The number of nitrogens with one attached hydrogen (secondary N) is 1. The van der Waals surface area contributed by atoms with Crippen molar-refractivity contribution in [2.75, 3.05) is 26.8 Å². The number of ketones is 1. The van der Waals surface area contributed by atoms with Gasteiger partial charge in [0, 0.05) is 19.1 Å². The van der Waals surface area contributed by atoms with Gasteiger partial charge in [-0.3, -0.25) is 4.79 Å². The average Bonchev–Trinajstić information content (AvgIpc) is 2.05. The lowest BCUT2D eigenvalue weighted by molar-refractivity contribution is -0.126. The summed E-state index contributed by atoms with van der Waals surface area (Å²) >= 11 is 0. The summed E-state index contributed by atoms with van der Waals surface area (Å²) in [6, 6.07) is 0. The third-order valence-corrected chi connectivity index (χ3v) is 1.65. The summed E-state index contributed by atoms with van der Waals surface area (Å²) < 4.78 is 5.13. The molecule has 0 radical (unpaired) electrons. The molecule has 1 N–H and O–H groups in total. The van der Waals surface area contributed by atoms with Gasteiger partial charge >= 0.3 is 0 Å². The molecule has 0 aromatic rings. The number of rotatable bonds is 7. The number of hydrogen-bond donors (Lipinski definition) is 1. The molecule has 0 fully saturated rings. The van der Waals surface area contributed by atoms with E-state index in [0.717, 1.165) is 13.0 Å². The number of ether oxygens (including phenoxy) is 1. The van der Waals surface area contributed by atoms with Crippen molar-refractivity contribution < 1.29 is 9.53 Å². The Kier molecular flexibility index (Phi) is 7.00. The molecule has 0 aliphatic rings. The van der Waals surface area contributed by atoms with Crippen molar-refractivity contribution in [1.82, 2.24) is 5.32 Å². The van der Waals surface area contributed by atoms with Crippen molar-refractivity contribution in [2.24, 2.45) is 5.92 Å². The van der Waals surface area contributed by atoms with Gasteiger partial charge in [-0.2, -0.15) is 0 Å². The van der Waals surface area contributed by atoms with E-state index in [0.29, 0.717) is 6.61 Å². The van der Waals surface area contributed by atoms with E-state index in [1.165, 1.54) is 0 Å². The zero-order valence-corrected chi connectivity index (χ0v) is 8.22. The summed E-state index contributed by atoms with van der Waals surface area (Å²) in [6.07, 6.45) is 0.966. The Hall–Kier alpha value is -0.410. The van der Waals surface area contributed by atoms with Crippen molar-refractivity contribution in [3.05, 3.63) is 0 Å². The Morgan fingerprint density at radius 3 is 2.75 bits per heavy atom. The average molecular weight is 173 g/mol. The number of carbonyl (C=O) groups is 1. The van der Waals surface area contributed by atoms with Gasteiger partial charge in [0.15, 0.2) is 5.78 Å². The minimum Gasteiger partial charge on any atom is -0.374 e. The van der Waals surface area contributed by atoms with Crippen LogP contribution >= 0.6 is 0 Å². The predicted octanol–water partition coefficient (Wildman–Crippen LogP) is 0.838. The molecule has 0 heterocycles. The summed E-state index contributed by atoms with van der Waals surface area (Å²) in [5.41, 5.74) is 0. The predicted molar refractivity (Wildman–Crippen MR) is 49.2 cm³/mol. The summed E-state index contributed by atoms with van der Waals surface area (Å²) in [6.45, 7) is 5.61. The van der Waals surface area contributed by atoms with E-state index < -0.39 is 0 Å². The molecule has 12 heavy (non-hydrogen) atoms. The molecule has 1 atom stereocenters. The molecule has 0 spiro atoms. The molecule has 0 amide bonds. The minimum atomic E-state index is 0.0619. The largest absolute Gasteiger partial charge is 0.374 e. The van der Waals surface area contributed by atoms with Crippen LogP contribution < -0.4 is 5.32 Å². The van der Waals surface area contributed by atoms with E-state index in [1.54, 1.807) is 0 Å². The molecule has 0 aromatic carbocycles. The maximum Gasteiger partial charge on any atom is 0.162 e. The molecule has 0 aliphatic heterocycles. The molecule has 1 unspecified atom stereocenters. The van der Waals surface area contributed by atoms with Gasteiger partial charge in [0.2, 0.25) is 0 Å². The van der Waals surface area contributed by atoms with Crippen LogP contribution in [0.15, 0.2) is 0 Å². The molecule has 0 aromatic heterocycles. The highest BCUT2D eigenvalue weighted by molar-refractivity contribution is 5.82. The Morgan fingerprint density at radius 1 is 1.58 bits per heavy atom. The van der Waals surface area contributed by atoms with Crippen LogP contribution in [0.25, 0.3) is 0 Å². The van der Waals surface area contributed by atoms with Gasteiger partial charge in [-0.15, -0.1) is 0 Å². The third kappa shape index (κ3) is 5.27. The molecule has 0 bridgehead atoms. The van der Waals surface area contributed by atoms with E-state index >= 15 is 0 Å². The van der Waals surface area contributed by atoms with Gasteiger partial charge in [-0.05, 0) is 13.5 Å². The first-order valence-electron chi connectivity index (χ1n) is 4.47. The van der Waals surface area contributed by atoms with Crippen molar-refractivity contribution in [3.8, 4) is 0 Å². The quantitative estimate of drug-likeness (QED) is 0.580. The summed E-state index contributed by atoms with van der Waals surface area (Å²) in [4.78, 5) is 11.2. The van der Waals surface area contributed by atoms with Crippen molar-refractivity contribution in [2.45, 2.75) is 20.3 Å². The van der Waals surface area contributed by atoms with Crippen LogP contribution in [0, 0.1) is 5.92 Å². The monoisotopic (exact) mass is 173 g/mol. The highest BCUT2D eigenvalue weighted by atomic mass is 16.5. The highest BCUT2D eigenvalue weighted by Crippen LogP contribution is 1.95. The summed E-state index contributed by atoms with van der Waals surface area (Å²) in [7, 11) is 1.84. The molecule has 0 saturated carbocycles. The maximum absolute atomic E-state index is 11.2. The fourth-order valence-electron chi connectivity index (χ4n) is 0.879. The van der Waals surface area contributed by atoms with E-state index in [2.05, 4.69) is 5.32 Å². The molecule has 3 heteroatoms. The van der Waals surface area contributed by atoms with Gasteiger partial charge in [-0.25, -0.2) is 0 Å². The van der Waals surface area contributed by atoms with Gasteiger partial charge < -0.3 is 10.1 Å². The van der Waals surface area contributed by atoms with Gasteiger partial charge in [0.25, 0.3) is 0 Å². The second-order valence-corrected chi connectivity index (χ2v) is 2.98. The summed E-state index contributed by atoms with van der Waals surface area (Å²) in [5, 5.41) is 2.96. The topological polar surface area (TPSA) is 38.3 Å². The minimum absolute atomic E-state index is 0.0619. The molecule has 0 rings (SSSR count). The lowest BCUT2D eigenvalue weighted by atomic mass is 10.1. The Labute approximate surface area is 74.5 Å². The second kappa shape index (κ2) is 7.25. The van der Waals surface area contributed by atoms with Crippen LogP contribution in [-0.2, 0) is 9.53 Å². The van der Waals surface area contributed by atoms with Crippen LogP contribution in [0.1, 0.15) is 20.3 Å². The lowest BCUT2D eigenvalue weighted by Crippen LogP contribution is -2.26. The first-order chi connectivity index (χ1) is 5.72. The molecular weight excluding hydrogens is 154 g/mol. The van der Waals surface area contributed by atoms with Crippen LogP contribution in [0.3, 0.4) is 0 Å². The van der Waals surface area contributed by atoms with E-state index in [4.69, 9.17) is 4.74 Å². The fourth-order valence-corrected chi connectivity index (χ4v) is 0.879. The Morgan fingerprint density at radius 2 is 2.25 bits per heavy atom. The van der Waals surface area contributed by atoms with E-state index in [9.17, 15) is 4.79 Å². The van der Waals surface area contributed by atoms with Crippen LogP contribution in [0.5, 0.6) is 0 Å². The smallest absolute Gasteiger partial charge is 0.162 e. The first kappa shape index (κ1) is 11.6. The highest BCUT2D eigenvalue weighted by Gasteiger charge is 2.10. The number of hydrogen-bond acceptors (Lipinski definition) is 3. The number of carbonyl (C=O) groups excluding carboxylic acids is 1. The lowest BCUT2D eigenvalue weighted by Gasteiger charge is -2.09. The van der Waals surface area contributed by atoms with E-state index in [1.807, 2.05) is 20.9 Å². The van der Waals surface area contributed by atoms with Crippen molar-refractivity contribution in [3.63, 3.8) is 0 Å². The van der Waals surface area contributed by atoms with Gasteiger partial charge in [0.05, 0.1) is 0 Å². The van der Waals surface area contributed by atoms with Crippen molar-refractivity contribution in [1.29, 1.82) is 0 Å². The Balaban J connectivity index is 3.43. The molecular formula is C9H19NO2. The van der Waals surface area contributed by atoms with Gasteiger partial charge in [0.1, 0.15) is 6.61 Å². The normalized spacial score (nSPS) is 12.9. The van der Waals surface area contributed by atoms with Crippen LogP contribution in [-0.4, -0.2) is 32.6 Å². The van der Waals surface area contributed by atoms with E-state index in [-0.39, 0.29) is 18.3 Å². The molecule has 3 nitrogen and oxygen atoms in total. The van der Waals surface area contributed by atoms with Crippen LogP contribution in [0.2, 0.25) is 0 Å². The number of Topliss-reactive ketones (excluding diaryl/α,β-unsaturated/α-hetero) is 1. The maximum atomic E-state index is 11.2. The SMILES string of the molecule is CCCOCC(=O)C(C)CNC. The second-order valence-electron chi connectivity index (χ2n) is 2.98. The Bertz CT molecular complexity index is 126. The van der Waals surface area contributed by atoms with Gasteiger partial charge in [-0.1, -0.05) is 13.8 Å². The fraction of sp³-hybridized carbons (Fsp3) is 0.889. The molecule has 72 valence electrons. The standard InChI is InChI=1S/C9H19NO2/c1-4-5-12-7-9(11)8(2)6-10-3/h8,10H,4-7H2,1-3H3. The van der Waals surface area contributed by atoms with Crippen LogP contribution in [0.4, 0.5) is 0 Å². The third-order valence-electron chi connectivity index (χ3n) is 1.65.